The summed E-state index contributed by atoms with van der Waals surface area (Å²) in [5.41, 5.74) is 4.00. The Kier molecular flexibility index (Phi) is 3.44. The smallest absolute Gasteiger partial charge is 0.0868 e. The number of hydrogen-bond donors (Lipinski definition) is 1. The van der Waals surface area contributed by atoms with Crippen molar-refractivity contribution in [2.45, 2.75) is 6.42 Å². The Bertz CT molecular complexity index is 662. The minimum absolute atomic E-state index is 0.658. The standard InChI is InChI=1S/C15H11BrN2S/c16-11-7-5-10(6-8-11)14-9-15(19)18-13-4-2-1-3-12(13)17-14/h1-8H,9H2,(H,18,19). The third kappa shape index (κ3) is 2.74. The van der Waals surface area contributed by atoms with E-state index in [0.717, 1.165) is 32.1 Å². The molecule has 1 aliphatic rings. The molecule has 2 aromatic rings. The summed E-state index contributed by atoms with van der Waals surface area (Å²) in [7, 11) is 0. The van der Waals surface area contributed by atoms with Gasteiger partial charge in [0.2, 0.25) is 0 Å². The van der Waals surface area contributed by atoms with Crippen LogP contribution < -0.4 is 5.32 Å². The van der Waals surface area contributed by atoms with Gasteiger partial charge in [0.1, 0.15) is 0 Å². The minimum Gasteiger partial charge on any atom is -0.348 e. The fraction of sp³-hybridized carbons (Fsp3) is 0.0667. The highest BCUT2D eigenvalue weighted by molar-refractivity contribution is 9.10. The van der Waals surface area contributed by atoms with E-state index in [1.807, 2.05) is 36.4 Å². The van der Waals surface area contributed by atoms with E-state index in [9.17, 15) is 0 Å². The average Bonchev–Trinajstić information content (AvgIpc) is 2.57. The monoisotopic (exact) mass is 330 g/mol. The van der Waals surface area contributed by atoms with Crippen LogP contribution in [0.2, 0.25) is 0 Å². The molecule has 1 N–H and O–H groups in total. The van der Waals surface area contributed by atoms with Crippen LogP contribution in [0.1, 0.15) is 12.0 Å². The number of anilines is 1. The molecule has 0 unspecified atom stereocenters. The number of halogens is 1. The first kappa shape index (κ1) is 12.5. The van der Waals surface area contributed by atoms with Gasteiger partial charge in [-0.2, -0.15) is 0 Å². The third-order valence-electron chi connectivity index (χ3n) is 2.94. The van der Waals surface area contributed by atoms with Crippen molar-refractivity contribution in [3.63, 3.8) is 0 Å². The molecule has 0 saturated carbocycles. The van der Waals surface area contributed by atoms with Crippen LogP contribution in [0.15, 0.2) is 58.0 Å². The lowest BCUT2D eigenvalue weighted by atomic mass is 10.1. The maximum absolute atomic E-state index is 5.37. The van der Waals surface area contributed by atoms with E-state index in [1.54, 1.807) is 0 Å². The van der Waals surface area contributed by atoms with Gasteiger partial charge >= 0.3 is 0 Å². The van der Waals surface area contributed by atoms with Crippen LogP contribution in [-0.4, -0.2) is 10.7 Å². The Hall–Kier alpha value is -1.52. The van der Waals surface area contributed by atoms with Crippen molar-refractivity contribution in [2.24, 2.45) is 4.99 Å². The highest BCUT2D eigenvalue weighted by Gasteiger charge is 2.14. The Labute approximate surface area is 125 Å². The lowest BCUT2D eigenvalue weighted by Crippen LogP contribution is -2.12. The molecule has 0 amide bonds. The fourth-order valence-corrected chi connectivity index (χ4v) is 2.53. The van der Waals surface area contributed by atoms with Crippen LogP contribution in [0.5, 0.6) is 0 Å². The molecule has 0 spiro atoms. The summed E-state index contributed by atoms with van der Waals surface area (Å²) >= 11 is 8.81. The number of aliphatic imine (C=N–C) groups is 1. The molecule has 1 aliphatic heterocycles. The quantitative estimate of drug-likeness (QED) is 0.765. The second kappa shape index (κ2) is 5.23. The molecule has 1 heterocycles. The van der Waals surface area contributed by atoms with Crippen molar-refractivity contribution in [1.82, 2.24) is 0 Å². The summed E-state index contributed by atoms with van der Waals surface area (Å²) in [4.78, 5) is 5.54. The van der Waals surface area contributed by atoms with Crippen LogP contribution in [0, 0.1) is 0 Å². The lowest BCUT2D eigenvalue weighted by molar-refractivity contribution is 1.46. The molecule has 0 aromatic heterocycles. The van der Waals surface area contributed by atoms with Crippen molar-refractivity contribution < 1.29 is 0 Å². The summed E-state index contributed by atoms with van der Waals surface area (Å²) in [6.07, 6.45) is 0.658. The molecule has 0 bridgehead atoms. The van der Waals surface area contributed by atoms with Crippen LogP contribution in [-0.2, 0) is 0 Å². The maximum Gasteiger partial charge on any atom is 0.0868 e. The van der Waals surface area contributed by atoms with Gasteiger partial charge < -0.3 is 5.32 Å². The Morgan fingerprint density at radius 1 is 1.05 bits per heavy atom. The number of rotatable bonds is 1. The van der Waals surface area contributed by atoms with Crippen LogP contribution in [0.25, 0.3) is 0 Å². The van der Waals surface area contributed by atoms with E-state index >= 15 is 0 Å². The maximum atomic E-state index is 5.37. The number of hydrogen-bond acceptors (Lipinski definition) is 2. The van der Waals surface area contributed by atoms with Gasteiger partial charge in [-0.1, -0.05) is 52.4 Å². The lowest BCUT2D eigenvalue weighted by Gasteiger charge is -2.05. The Balaban J connectivity index is 2.08. The summed E-state index contributed by atoms with van der Waals surface area (Å²) < 4.78 is 1.06. The van der Waals surface area contributed by atoms with Gasteiger partial charge in [-0.25, -0.2) is 0 Å². The number of para-hydroxylation sites is 2. The molecule has 0 saturated heterocycles. The summed E-state index contributed by atoms with van der Waals surface area (Å²) in [6, 6.07) is 16.1. The largest absolute Gasteiger partial charge is 0.348 e. The van der Waals surface area contributed by atoms with Gasteiger partial charge in [-0.3, -0.25) is 4.99 Å². The first-order valence-electron chi connectivity index (χ1n) is 5.95. The number of benzene rings is 2. The average molecular weight is 331 g/mol. The van der Waals surface area contributed by atoms with Crippen LogP contribution in [0.3, 0.4) is 0 Å². The van der Waals surface area contributed by atoms with E-state index in [2.05, 4.69) is 33.4 Å². The first-order chi connectivity index (χ1) is 9.22. The topological polar surface area (TPSA) is 24.4 Å². The second-order valence-electron chi connectivity index (χ2n) is 4.31. The van der Waals surface area contributed by atoms with E-state index in [4.69, 9.17) is 17.2 Å². The molecule has 3 rings (SSSR count). The Morgan fingerprint density at radius 2 is 1.79 bits per heavy atom. The van der Waals surface area contributed by atoms with Gasteiger partial charge in [0.15, 0.2) is 0 Å². The number of fused-ring (bicyclic) bond motifs is 1. The van der Waals surface area contributed by atoms with Crippen LogP contribution >= 0.6 is 28.1 Å². The summed E-state index contributed by atoms with van der Waals surface area (Å²) in [5.74, 6) is 0. The molecule has 94 valence electrons. The molecule has 0 radical (unpaired) electrons. The second-order valence-corrected chi connectivity index (χ2v) is 5.72. The van der Waals surface area contributed by atoms with Crippen molar-refractivity contribution in [3.05, 3.63) is 58.6 Å². The molecule has 0 aliphatic carbocycles. The zero-order valence-electron chi connectivity index (χ0n) is 10.1. The van der Waals surface area contributed by atoms with E-state index in [0.29, 0.717) is 6.42 Å². The van der Waals surface area contributed by atoms with Crippen molar-refractivity contribution in [1.29, 1.82) is 0 Å². The molecule has 2 aromatic carbocycles. The third-order valence-corrected chi connectivity index (χ3v) is 3.71. The molecule has 2 nitrogen and oxygen atoms in total. The molecule has 0 atom stereocenters. The van der Waals surface area contributed by atoms with Crippen molar-refractivity contribution in [3.8, 4) is 0 Å². The van der Waals surface area contributed by atoms with E-state index < -0.39 is 0 Å². The first-order valence-corrected chi connectivity index (χ1v) is 7.15. The van der Waals surface area contributed by atoms with E-state index in [1.165, 1.54) is 0 Å². The highest BCUT2D eigenvalue weighted by atomic mass is 79.9. The van der Waals surface area contributed by atoms with Crippen LogP contribution in [0.4, 0.5) is 11.4 Å². The van der Waals surface area contributed by atoms with Crippen molar-refractivity contribution >= 4 is 50.2 Å². The summed E-state index contributed by atoms with van der Waals surface area (Å²) in [6.45, 7) is 0. The molecule has 0 fully saturated rings. The van der Waals surface area contributed by atoms with E-state index in [-0.39, 0.29) is 0 Å². The molecular weight excluding hydrogens is 320 g/mol. The van der Waals surface area contributed by atoms with Gasteiger partial charge in [0.25, 0.3) is 0 Å². The summed E-state index contributed by atoms with van der Waals surface area (Å²) in [5, 5.41) is 3.24. The molecule has 4 heteroatoms. The number of thiocarbonyl (C=S) groups is 1. The minimum atomic E-state index is 0.658. The fourth-order valence-electron chi connectivity index (χ4n) is 2.02. The normalized spacial score (nSPS) is 14.2. The zero-order valence-corrected chi connectivity index (χ0v) is 12.5. The predicted molar refractivity (Wildman–Crippen MR) is 87.6 cm³/mol. The van der Waals surface area contributed by atoms with Gasteiger partial charge in [0.05, 0.1) is 22.1 Å². The molecule has 19 heavy (non-hydrogen) atoms. The predicted octanol–water partition coefficient (Wildman–Crippen LogP) is 4.71. The highest BCUT2D eigenvalue weighted by Crippen LogP contribution is 2.29. The van der Waals surface area contributed by atoms with Gasteiger partial charge in [-0.05, 0) is 29.8 Å². The van der Waals surface area contributed by atoms with Gasteiger partial charge in [-0.15, -0.1) is 0 Å². The van der Waals surface area contributed by atoms with Gasteiger partial charge in [0, 0.05) is 10.9 Å². The molecular formula is C15H11BrN2S. The zero-order chi connectivity index (χ0) is 13.2. The number of nitrogens with zero attached hydrogens (tertiary/aromatic N) is 1. The SMILES string of the molecule is S=C1CC(c2ccc(Br)cc2)=Nc2ccccc2N1. The Morgan fingerprint density at radius 3 is 2.58 bits per heavy atom. The number of nitrogens with one attached hydrogen (secondary N) is 1. The van der Waals surface area contributed by atoms with Crippen molar-refractivity contribution in [2.75, 3.05) is 5.32 Å².